The monoisotopic (exact) mass is 375 g/mol. The lowest BCUT2D eigenvalue weighted by molar-refractivity contribution is -0.385. The number of benzene rings is 1. The average molecular weight is 376 g/mol. The zero-order valence-electron chi connectivity index (χ0n) is 12.8. The molecular formula is C15H14BrN5O2. The Morgan fingerprint density at radius 3 is 2.17 bits per heavy atom. The van der Waals surface area contributed by atoms with E-state index in [0.717, 1.165) is 21.5 Å². The molecule has 0 fully saturated rings. The molecule has 0 spiro atoms. The topological polar surface area (TPSA) is 78.8 Å². The maximum Gasteiger partial charge on any atom is 0.336 e. The summed E-state index contributed by atoms with van der Waals surface area (Å²) in [5.41, 5.74) is 2.57. The first kappa shape index (κ1) is 15.4. The van der Waals surface area contributed by atoms with Crippen LogP contribution in [-0.4, -0.2) is 24.5 Å². The Morgan fingerprint density at radius 1 is 1.04 bits per heavy atom. The Hall–Kier alpha value is -2.48. The van der Waals surface area contributed by atoms with Crippen molar-refractivity contribution in [2.24, 2.45) is 0 Å². The third-order valence-electron chi connectivity index (χ3n) is 3.59. The van der Waals surface area contributed by atoms with Crippen molar-refractivity contribution in [3.8, 4) is 11.5 Å². The molecule has 0 unspecified atom stereocenters. The fourth-order valence-corrected chi connectivity index (χ4v) is 2.74. The summed E-state index contributed by atoms with van der Waals surface area (Å²) in [6.45, 7) is 5.32. The van der Waals surface area contributed by atoms with E-state index in [1.165, 1.54) is 0 Å². The molecule has 0 amide bonds. The highest BCUT2D eigenvalue weighted by Crippen LogP contribution is 2.32. The predicted molar refractivity (Wildman–Crippen MR) is 89.3 cm³/mol. The Balaban J connectivity index is 2.37. The van der Waals surface area contributed by atoms with Crippen molar-refractivity contribution in [2.75, 3.05) is 0 Å². The predicted octanol–water partition coefficient (Wildman–Crippen LogP) is 3.65. The van der Waals surface area contributed by atoms with Gasteiger partial charge < -0.3 is 0 Å². The summed E-state index contributed by atoms with van der Waals surface area (Å²) in [7, 11) is 0. The fraction of sp³-hybridized carbons (Fsp3) is 0.200. The van der Waals surface area contributed by atoms with Gasteiger partial charge in [0.05, 0.1) is 26.5 Å². The molecule has 7 nitrogen and oxygen atoms in total. The lowest BCUT2D eigenvalue weighted by Crippen LogP contribution is -2.10. The van der Waals surface area contributed by atoms with Crippen molar-refractivity contribution in [1.29, 1.82) is 0 Å². The summed E-state index contributed by atoms with van der Waals surface area (Å²) in [6, 6.07) is 9.30. The molecule has 0 saturated heterocycles. The number of rotatable bonds is 3. The third kappa shape index (κ3) is 2.44. The highest BCUT2D eigenvalue weighted by atomic mass is 79.9. The van der Waals surface area contributed by atoms with E-state index in [-0.39, 0.29) is 5.69 Å². The lowest BCUT2D eigenvalue weighted by Gasteiger charge is -2.08. The fourth-order valence-electron chi connectivity index (χ4n) is 2.49. The van der Waals surface area contributed by atoms with Crippen LogP contribution in [0.1, 0.15) is 17.1 Å². The van der Waals surface area contributed by atoms with Crippen LogP contribution in [0.3, 0.4) is 0 Å². The summed E-state index contributed by atoms with van der Waals surface area (Å²) in [6.07, 6.45) is 0. The number of halogens is 1. The number of nitro groups is 1. The van der Waals surface area contributed by atoms with Crippen LogP contribution < -0.4 is 0 Å². The van der Waals surface area contributed by atoms with Gasteiger partial charge in [-0.3, -0.25) is 10.1 Å². The molecule has 0 aliphatic carbocycles. The lowest BCUT2D eigenvalue weighted by atomic mass is 10.3. The van der Waals surface area contributed by atoms with E-state index in [4.69, 9.17) is 0 Å². The maximum atomic E-state index is 11.6. The zero-order chi connectivity index (χ0) is 16.7. The van der Waals surface area contributed by atoms with Gasteiger partial charge in [0, 0.05) is 0 Å². The highest BCUT2D eigenvalue weighted by Gasteiger charge is 2.30. The van der Waals surface area contributed by atoms with Crippen LogP contribution >= 0.6 is 15.9 Å². The van der Waals surface area contributed by atoms with E-state index < -0.39 is 4.92 Å². The van der Waals surface area contributed by atoms with Crippen molar-refractivity contribution in [3.63, 3.8) is 0 Å². The first-order chi connectivity index (χ1) is 10.9. The quantitative estimate of drug-likeness (QED) is 0.516. The van der Waals surface area contributed by atoms with Crippen LogP contribution in [0.15, 0.2) is 34.8 Å². The Labute approximate surface area is 140 Å². The van der Waals surface area contributed by atoms with Crippen molar-refractivity contribution < 1.29 is 4.92 Å². The molecular weight excluding hydrogens is 362 g/mol. The van der Waals surface area contributed by atoms with E-state index >= 15 is 0 Å². The smallest absolute Gasteiger partial charge is 0.258 e. The molecule has 0 saturated carbocycles. The van der Waals surface area contributed by atoms with Gasteiger partial charge in [-0.05, 0) is 48.8 Å². The van der Waals surface area contributed by atoms with Crippen molar-refractivity contribution >= 4 is 21.6 Å². The summed E-state index contributed by atoms with van der Waals surface area (Å²) in [5, 5.41) is 20.3. The van der Waals surface area contributed by atoms with Gasteiger partial charge in [0.1, 0.15) is 5.69 Å². The summed E-state index contributed by atoms with van der Waals surface area (Å²) in [5.74, 6) is 0.324. The molecule has 0 aliphatic heterocycles. The van der Waals surface area contributed by atoms with Gasteiger partial charge in [0.2, 0.25) is 5.82 Å². The summed E-state index contributed by atoms with van der Waals surface area (Å²) in [4.78, 5) is 11.1. The van der Waals surface area contributed by atoms with Gasteiger partial charge >= 0.3 is 5.69 Å². The van der Waals surface area contributed by atoms with E-state index in [1.54, 1.807) is 16.3 Å². The molecule has 8 heteroatoms. The van der Waals surface area contributed by atoms with E-state index in [9.17, 15) is 10.1 Å². The second-order valence-electron chi connectivity index (χ2n) is 5.16. The molecule has 0 radical (unpaired) electrons. The summed E-state index contributed by atoms with van der Waals surface area (Å²) < 4.78 is 3.94. The zero-order valence-corrected chi connectivity index (χ0v) is 14.4. The molecule has 2 aromatic heterocycles. The van der Waals surface area contributed by atoms with E-state index in [0.29, 0.717) is 11.5 Å². The SMILES string of the molecule is Cc1nn(-c2c([N+](=O)[O-])c(C)nn2-c2ccccc2)c(C)c1Br. The number of hydrogen-bond acceptors (Lipinski definition) is 4. The molecule has 1 aromatic carbocycles. The summed E-state index contributed by atoms with van der Waals surface area (Å²) >= 11 is 3.46. The number of hydrogen-bond donors (Lipinski definition) is 0. The third-order valence-corrected chi connectivity index (χ3v) is 4.74. The van der Waals surface area contributed by atoms with Crippen LogP contribution in [0.25, 0.3) is 11.5 Å². The molecule has 0 aliphatic rings. The number of aryl methyl sites for hydroxylation is 2. The number of para-hydroxylation sites is 1. The molecule has 0 bridgehead atoms. The van der Waals surface area contributed by atoms with Crippen molar-refractivity contribution in [1.82, 2.24) is 19.6 Å². The van der Waals surface area contributed by atoms with E-state index in [2.05, 4.69) is 26.1 Å². The molecule has 0 N–H and O–H groups in total. The Kier molecular flexibility index (Phi) is 3.77. The normalized spacial score (nSPS) is 11.0. The van der Waals surface area contributed by atoms with Crippen LogP contribution in [-0.2, 0) is 0 Å². The molecule has 2 heterocycles. The van der Waals surface area contributed by atoms with Gasteiger partial charge in [-0.2, -0.15) is 10.2 Å². The molecule has 23 heavy (non-hydrogen) atoms. The molecule has 3 rings (SSSR count). The van der Waals surface area contributed by atoms with Crippen molar-refractivity contribution in [2.45, 2.75) is 20.8 Å². The second-order valence-corrected chi connectivity index (χ2v) is 5.95. The minimum Gasteiger partial charge on any atom is -0.258 e. The van der Waals surface area contributed by atoms with Gasteiger partial charge in [0.25, 0.3) is 0 Å². The minimum absolute atomic E-state index is 0.0491. The van der Waals surface area contributed by atoms with Crippen molar-refractivity contribution in [3.05, 3.63) is 62.0 Å². The Morgan fingerprint density at radius 2 is 1.65 bits per heavy atom. The van der Waals surface area contributed by atoms with Gasteiger partial charge in [-0.15, -0.1) is 0 Å². The highest BCUT2D eigenvalue weighted by molar-refractivity contribution is 9.10. The largest absolute Gasteiger partial charge is 0.336 e. The van der Waals surface area contributed by atoms with Gasteiger partial charge in [-0.1, -0.05) is 18.2 Å². The maximum absolute atomic E-state index is 11.6. The second kappa shape index (κ2) is 5.62. The number of nitrogens with zero attached hydrogens (tertiary/aromatic N) is 5. The molecule has 3 aromatic rings. The minimum atomic E-state index is -0.415. The van der Waals surface area contributed by atoms with Crippen LogP contribution in [0, 0.1) is 30.9 Å². The van der Waals surface area contributed by atoms with Gasteiger partial charge in [0.15, 0.2) is 0 Å². The van der Waals surface area contributed by atoms with Crippen LogP contribution in [0.5, 0.6) is 0 Å². The Bertz CT molecular complexity index is 898. The number of aromatic nitrogens is 4. The van der Waals surface area contributed by atoms with Crippen LogP contribution in [0.4, 0.5) is 5.69 Å². The van der Waals surface area contributed by atoms with Crippen LogP contribution in [0.2, 0.25) is 0 Å². The average Bonchev–Trinajstić information content (AvgIpc) is 3.00. The standard InChI is InChI=1S/C15H14BrN5O2/c1-9-13(16)11(3)19(17-9)15-14(21(22)23)10(2)18-20(15)12-7-5-4-6-8-12/h4-8H,1-3H3. The van der Waals surface area contributed by atoms with E-state index in [1.807, 2.05) is 44.2 Å². The molecule has 118 valence electrons. The van der Waals surface area contributed by atoms with Gasteiger partial charge in [-0.25, -0.2) is 9.36 Å². The molecule has 0 atom stereocenters. The first-order valence-electron chi connectivity index (χ1n) is 6.93. The first-order valence-corrected chi connectivity index (χ1v) is 7.72.